The Morgan fingerprint density at radius 2 is 1.75 bits per heavy atom. The van der Waals surface area contributed by atoms with E-state index in [1.54, 1.807) is 5.43 Å². The van der Waals surface area contributed by atoms with Gasteiger partial charge in [-0.2, -0.15) is 12.6 Å². The average Bonchev–Trinajstić information content (AvgIpc) is 2.45. The van der Waals surface area contributed by atoms with Gasteiger partial charge in [-0.1, -0.05) is 6.42 Å². The highest BCUT2D eigenvalue weighted by Crippen LogP contribution is 2.02. The quantitative estimate of drug-likeness (QED) is 0.131. The number of esters is 1. The Hall–Kier alpha value is -1.28. The van der Waals surface area contributed by atoms with Crippen LogP contribution in [0.2, 0.25) is 0 Å². The molecular formula is C12H22N2O5S. The van der Waals surface area contributed by atoms with Crippen LogP contribution in [-0.2, 0) is 19.1 Å². The van der Waals surface area contributed by atoms with Crippen LogP contribution in [0.25, 0.3) is 0 Å². The van der Waals surface area contributed by atoms with Crippen molar-refractivity contribution in [3.8, 4) is 0 Å². The van der Waals surface area contributed by atoms with Crippen LogP contribution in [-0.4, -0.2) is 36.8 Å². The molecular weight excluding hydrogens is 284 g/mol. The molecule has 0 heterocycles. The molecule has 0 saturated heterocycles. The standard InChI is InChI=1S/C12H22N2O5S/c13-14-12(17)18-7-4-5-10(15)9-19-11(16)6-2-1-3-8-20/h20H,1-9,13H2,(H,14,17). The lowest BCUT2D eigenvalue weighted by Crippen LogP contribution is -2.31. The first-order valence-corrected chi connectivity index (χ1v) is 7.15. The molecule has 0 aliphatic carbocycles. The number of carbonyl (C=O) groups is 3. The van der Waals surface area contributed by atoms with Gasteiger partial charge in [-0.3, -0.25) is 15.0 Å². The number of unbranched alkanes of at least 4 members (excludes halogenated alkanes) is 2. The summed E-state index contributed by atoms with van der Waals surface area (Å²) in [6.45, 7) is -0.138. The number of hydrazine groups is 1. The Kier molecular flexibility index (Phi) is 11.9. The second-order valence-corrected chi connectivity index (χ2v) is 4.56. The average molecular weight is 306 g/mol. The summed E-state index contributed by atoms with van der Waals surface area (Å²) in [6, 6.07) is 0. The molecule has 0 aliphatic rings. The lowest BCUT2D eigenvalue weighted by atomic mass is 10.2. The number of amides is 1. The van der Waals surface area contributed by atoms with Crippen LogP contribution in [0, 0.1) is 0 Å². The molecule has 116 valence electrons. The highest BCUT2D eigenvalue weighted by molar-refractivity contribution is 7.80. The Balaban J connectivity index is 3.47. The summed E-state index contributed by atoms with van der Waals surface area (Å²) < 4.78 is 9.44. The summed E-state index contributed by atoms with van der Waals surface area (Å²) in [5, 5.41) is 0. The molecule has 0 rings (SSSR count). The number of Topliss-reactive ketones (excluding diaryl/α,β-unsaturated/α-hetero) is 1. The fraction of sp³-hybridized carbons (Fsp3) is 0.750. The number of thiol groups is 1. The summed E-state index contributed by atoms with van der Waals surface area (Å²) >= 11 is 4.07. The van der Waals surface area contributed by atoms with Gasteiger partial charge in [0.15, 0.2) is 5.78 Å². The fourth-order valence-corrected chi connectivity index (χ4v) is 1.56. The molecule has 0 radical (unpaired) electrons. The first-order valence-electron chi connectivity index (χ1n) is 6.51. The largest absolute Gasteiger partial charge is 0.458 e. The van der Waals surface area contributed by atoms with Crippen molar-refractivity contribution >= 4 is 30.5 Å². The Morgan fingerprint density at radius 3 is 2.40 bits per heavy atom. The minimum atomic E-state index is -0.745. The van der Waals surface area contributed by atoms with E-state index in [0.717, 1.165) is 25.0 Å². The zero-order valence-corrected chi connectivity index (χ0v) is 12.3. The summed E-state index contributed by atoms with van der Waals surface area (Å²) in [7, 11) is 0. The van der Waals surface area contributed by atoms with Crippen molar-refractivity contribution in [3.05, 3.63) is 0 Å². The molecule has 1 amide bonds. The molecule has 7 nitrogen and oxygen atoms in total. The molecule has 0 aromatic carbocycles. The van der Waals surface area contributed by atoms with E-state index in [1.165, 1.54) is 0 Å². The molecule has 20 heavy (non-hydrogen) atoms. The molecule has 0 spiro atoms. The van der Waals surface area contributed by atoms with Gasteiger partial charge in [0.25, 0.3) is 0 Å². The van der Waals surface area contributed by atoms with Gasteiger partial charge in [0.1, 0.15) is 6.61 Å². The van der Waals surface area contributed by atoms with Crippen LogP contribution >= 0.6 is 12.6 Å². The topological polar surface area (TPSA) is 108 Å². The monoisotopic (exact) mass is 306 g/mol. The predicted molar refractivity (Wildman–Crippen MR) is 76.2 cm³/mol. The molecule has 0 aromatic rings. The third-order valence-electron chi connectivity index (χ3n) is 2.38. The minimum Gasteiger partial charge on any atom is -0.458 e. The van der Waals surface area contributed by atoms with Gasteiger partial charge in [0.05, 0.1) is 6.61 Å². The first kappa shape index (κ1) is 18.7. The number of rotatable bonds is 11. The van der Waals surface area contributed by atoms with Gasteiger partial charge in [-0.15, -0.1) is 0 Å². The van der Waals surface area contributed by atoms with E-state index in [4.69, 9.17) is 10.6 Å². The van der Waals surface area contributed by atoms with Crippen LogP contribution < -0.4 is 11.3 Å². The molecule has 3 N–H and O–H groups in total. The van der Waals surface area contributed by atoms with Crippen LogP contribution in [0.3, 0.4) is 0 Å². The molecule has 0 atom stereocenters. The molecule has 0 aromatic heterocycles. The SMILES string of the molecule is NNC(=O)OCCCC(=O)COC(=O)CCCCCS. The maximum atomic E-state index is 11.4. The van der Waals surface area contributed by atoms with E-state index < -0.39 is 6.09 Å². The van der Waals surface area contributed by atoms with E-state index in [1.807, 2.05) is 0 Å². The van der Waals surface area contributed by atoms with E-state index in [2.05, 4.69) is 17.4 Å². The van der Waals surface area contributed by atoms with E-state index in [0.29, 0.717) is 12.8 Å². The van der Waals surface area contributed by atoms with Crippen molar-refractivity contribution in [2.75, 3.05) is 19.0 Å². The number of hydrogen-bond acceptors (Lipinski definition) is 7. The third kappa shape index (κ3) is 11.8. The Labute approximate surface area is 123 Å². The van der Waals surface area contributed by atoms with Crippen molar-refractivity contribution in [2.45, 2.75) is 38.5 Å². The molecule has 0 fully saturated rings. The van der Waals surface area contributed by atoms with Gasteiger partial charge in [-0.05, 0) is 25.0 Å². The number of nitrogens with one attached hydrogen (secondary N) is 1. The van der Waals surface area contributed by atoms with Crippen molar-refractivity contribution in [1.82, 2.24) is 5.43 Å². The molecule has 0 saturated carbocycles. The summed E-state index contributed by atoms with van der Waals surface area (Å²) in [5.41, 5.74) is 1.80. The van der Waals surface area contributed by atoms with Crippen molar-refractivity contribution < 1.29 is 23.9 Å². The first-order chi connectivity index (χ1) is 9.60. The number of nitrogens with two attached hydrogens (primary N) is 1. The fourth-order valence-electron chi connectivity index (χ4n) is 1.34. The molecule has 8 heteroatoms. The van der Waals surface area contributed by atoms with E-state index in [-0.39, 0.29) is 31.4 Å². The summed E-state index contributed by atoms with van der Waals surface area (Å²) in [5.74, 6) is 5.04. The van der Waals surface area contributed by atoms with Crippen LogP contribution in [0.5, 0.6) is 0 Å². The van der Waals surface area contributed by atoms with Gasteiger partial charge < -0.3 is 9.47 Å². The van der Waals surface area contributed by atoms with Gasteiger partial charge in [-0.25, -0.2) is 10.6 Å². The Bertz CT molecular complexity index is 312. The Morgan fingerprint density at radius 1 is 1.00 bits per heavy atom. The maximum absolute atomic E-state index is 11.4. The number of carbonyl (C=O) groups excluding carboxylic acids is 3. The third-order valence-corrected chi connectivity index (χ3v) is 2.70. The van der Waals surface area contributed by atoms with Crippen molar-refractivity contribution in [3.63, 3.8) is 0 Å². The second kappa shape index (κ2) is 12.7. The van der Waals surface area contributed by atoms with E-state index in [9.17, 15) is 14.4 Å². The van der Waals surface area contributed by atoms with Crippen molar-refractivity contribution in [1.29, 1.82) is 0 Å². The zero-order valence-electron chi connectivity index (χ0n) is 11.4. The number of ketones is 1. The van der Waals surface area contributed by atoms with Crippen LogP contribution in [0.15, 0.2) is 0 Å². The van der Waals surface area contributed by atoms with Gasteiger partial charge in [0.2, 0.25) is 0 Å². The number of ether oxygens (including phenoxy) is 2. The molecule has 0 bridgehead atoms. The van der Waals surface area contributed by atoms with Gasteiger partial charge >= 0.3 is 12.1 Å². The lowest BCUT2D eigenvalue weighted by molar-refractivity contribution is -0.148. The summed E-state index contributed by atoms with van der Waals surface area (Å²) in [4.78, 5) is 33.3. The van der Waals surface area contributed by atoms with E-state index >= 15 is 0 Å². The lowest BCUT2D eigenvalue weighted by Gasteiger charge is -2.05. The molecule has 0 aliphatic heterocycles. The van der Waals surface area contributed by atoms with Crippen molar-refractivity contribution in [2.24, 2.45) is 5.84 Å². The minimum absolute atomic E-state index is 0.0897. The second-order valence-electron chi connectivity index (χ2n) is 4.12. The molecule has 0 unspecified atom stereocenters. The van der Waals surface area contributed by atoms with Gasteiger partial charge in [0, 0.05) is 12.8 Å². The highest BCUT2D eigenvalue weighted by Gasteiger charge is 2.08. The van der Waals surface area contributed by atoms with Crippen LogP contribution in [0.1, 0.15) is 38.5 Å². The highest BCUT2D eigenvalue weighted by atomic mass is 32.1. The normalized spacial score (nSPS) is 9.90. The van der Waals surface area contributed by atoms with Crippen LogP contribution in [0.4, 0.5) is 4.79 Å². The zero-order chi connectivity index (χ0) is 15.2. The predicted octanol–water partition coefficient (Wildman–Crippen LogP) is 0.969. The number of hydrogen-bond donors (Lipinski definition) is 3. The smallest absolute Gasteiger partial charge is 0.421 e. The summed E-state index contributed by atoms with van der Waals surface area (Å²) in [6.07, 6.45) is 2.76. The maximum Gasteiger partial charge on any atom is 0.421 e.